The highest BCUT2D eigenvalue weighted by atomic mass is 35.5. The highest BCUT2D eigenvalue weighted by Gasteiger charge is 2.14. The SMILES string of the molecule is CC(C)(C)OC(=O)NC/C=C/C=Cc1ccc(Cl)cc1. The van der Waals surface area contributed by atoms with Crippen LogP contribution in [0.1, 0.15) is 26.3 Å². The lowest BCUT2D eigenvalue weighted by molar-refractivity contribution is 0.0534. The largest absolute Gasteiger partial charge is 0.444 e. The Balaban J connectivity index is 2.28. The maximum Gasteiger partial charge on any atom is 0.407 e. The summed E-state index contributed by atoms with van der Waals surface area (Å²) < 4.78 is 5.11. The molecule has 0 aromatic heterocycles. The zero-order valence-electron chi connectivity index (χ0n) is 12.0. The minimum atomic E-state index is -0.470. The summed E-state index contributed by atoms with van der Waals surface area (Å²) in [5.41, 5.74) is 0.599. The van der Waals surface area contributed by atoms with Crippen LogP contribution in [0.4, 0.5) is 4.79 Å². The molecule has 1 rings (SSSR count). The van der Waals surface area contributed by atoms with Gasteiger partial charge in [-0.15, -0.1) is 0 Å². The Labute approximate surface area is 125 Å². The van der Waals surface area contributed by atoms with Gasteiger partial charge in [-0.1, -0.05) is 48.0 Å². The molecule has 0 bridgehead atoms. The number of carbonyl (C=O) groups is 1. The molecule has 1 amide bonds. The first-order valence-corrected chi connectivity index (χ1v) is 6.80. The molecule has 3 nitrogen and oxygen atoms in total. The predicted molar refractivity (Wildman–Crippen MR) is 83.9 cm³/mol. The van der Waals surface area contributed by atoms with E-state index in [9.17, 15) is 4.79 Å². The molecule has 0 unspecified atom stereocenters. The number of nitrogens with one attached hydrogen (secondary N) is 1. The second-order valence-electron chi connectivity index (χ2n) is 5.22. The fourth-order valence-corrected chi connectivity index (χ4v) is 1.47. The molecule has 0 heterocycles. The summed E-state index contributed by atoms with van der Waals surface area (Å²) in [4.78, 5) is 11.3. The first-order valence-electron chi connectivity index (χ1n) is 6.42. The lowest BCUT2D eigenvalue weighted by Gasteiger charge is -2.19. The lowest BCUT2D eigenvalue weighted by Crippen LogP contribution is -2.32. The summed E-state index contributed by atoms with van der Waals surface area (Å²) in [7, 11) is 0. The van der Waals surface area contributed by atoms with E-state index >= 15 is 0 Å². The van der Waals surface area contributed by atoms with Gasteiger partial charge < -0.3 is 10.1 Å². The molecule has 0 saturated carbocycles. The summed E-state index contributed by atoms with van der Waals surface area (Å²) in [5, 5.41) is 3.37. The average Bonchev–Trinajstić information content (AvgIpc) is 2.33. The van der Waals surface area contributed by atoms with Crippen LogP contribution in [0.25, 0.3) is 6.08 Å². The van der Waals surface area contributed by atoms with E-state index in [-0.39, 0.29) is 0 Å². The summed E-state index contributed by atoms with van der Waals surface area (Å²) >= 11 is 5.80. The third-order valence-corrected chi connectivity index (χ3v) is 2.42. The number of rotatable bonds is 4. The number of alkyl carbamates (subject to hydrolysis) is 1. The van der Waals surface area contributed by atoms with Crippen LogP contribution in [0.2, 0.25) is 5.02 Å². The minimum absolute atomic E-state index is 0.413. The van der Waals surface area contributed by atoms with Crippen molar-refractivity contribution in [1.82, 2.24) is 5.32 Å². The van der Waals surface area contributed by atoms with Gasteiger partial charge >= 0.3 is 6.09 Å². The molecule has 0 aliphatic heterocycles. The Hall–Kier alpha value is -1.74. The average molecular weight is 294 g/mol. The van der Waals surface area contributed by atoms with E-state index in [2.05, 4.69) is 5.32 Å². The molecule has 1 aromatic rings. The molecule has 0 radical (unpaired) electrons. The van der Waals surface area contributed by atoms with Crippen LogP contribution in [-0.4, -0.2) is 18.2 Å². The summed E-state index contributed by atoms with van der Waals surface area (Å²) in [6.45, 7) is 5.92. The molecule has 1 N–H and O–H groups in total. The van der Waals surface area contributed by atoms with Crippen LogP contribution in [0.3, 0.4) is 0 Å². The molecule has 0 saturated heterocycles. The second kappa shape index (κ2) is 7.75. The predicted octanol–water partition coefficient (Wildman–Crippen LogP) is 4.43. The molecule has 0 atom stereocenters. The van der Waals surface area contributed by atoms with Gasteiger partial charge in [-0.3, -0.25) is 0 Å². The van der Waals surface area contributed by atoms with E-state index in [1.54, 1.807) is 0 Å². The standard InChI is InChI=1S/C16H20ClNO2/c1-16(2,3)20-15(19)18-12-6-4-5-7-13-8-10-14(17)11-9-13/h4-11H,12H2,1-3H3,(H,18,19)/b6-4+,7-5?. The van der Waals surface area contributed by atoms with E-state index < -0.39 is 11.7 Å². The first-order chi connectivity index (χ1) is 9.37. The van der Waals surface area contributed by atoms with E-state index in [1.165, 1.54) is 0 Å². The van der Waals surface area contributed by atoms with Crippen LogP contribution >= 0.6 is 11.6 Å². The Morgan fingerprint density at radius 3 is 2.50 bits per heavy atom. The fourth-order valence-electron chi connectivity index (χ4n) is 1.34. The zero-order chi connectivity index (χ0) is 15.0. The summed E-state index contributed by atoms with van der Waals surface area (Å²) in [6.07, 6.45) is 7.16. The number of hydrogen-bond acceptors (Lipinski definition) is 2. The van der Waals surface area contributed by atoms with Gasteiger partial charge in [0.1, 0.15) is 5.60 Å². The van der Waals surface area contributed by atoms with Gasteiger partial charge in [0.25, 0.3) is 0 Å². The number of amides is 1. The number of halogens is 1. The van der Waals surface area contributed by atoms with Crippen molar-refractivity contribution in [2.24, 2.45) is 0 Å². The monoisotopic (exact) mass is 293 g/mol. The number of carbonyl (C=O) groups excluding carboxylic acids is 1. The highest BCUT2D eigenvalue weighted by molar-refractivity contribution is 6.30. The number of allylic oxidation sites excluding steroid dienone is 2. The van der Waals surface area contributed by atoms with Gasteiger partial charge in [-0.05, 0) is 38.5 Å². The van der Waals surface area contributed by atoms with Gasteiger partial charge in [0.2, 0.25) is 0 Å². The van der Waals surface area contributed by atoms with Gasteiger partial charge in [0.05, 0.1) is 0 Å². The van der Waals surface area contributed by atoms with E-state index in [4.69, 9.17) is 16.3 Å². The van der Waals surface area contributed by atoms with Crippen molar-refractivity contribution >= 4 is 23.8 Å². The molecule has 4 heteroatoms. The Bertz CT molecular complexity index is 484. The number of benzene rings is 1. The molecule has 1 aromatic carbocycles. The molecule has 0 aliphatic carbocycles. The first kappa shape index (κ1) is 16.3. The van der Waals surface area contributed by atoms with E-state index in [0.29, 0.717) is 6.54 Å². The van der Waals surface area contributed by atoms with E-state index in [0.717, 1.165) is 10.6 Å². The molecule has 20 heavy (non-hydrogen) atoms. The van der Waals surface area contributed by atoms with Crippen molar-refractivity contribution in [1.29, 1.82) is 0 Å². The van der Waals surface area contributed by atoms with Crippen molar-refractivity contribution in [3.05, 3.63) is 53.1 Å². The van der Waals surface area contributed by atoms with Crippen molar-refractivity contribution in [3.8, 4) is 0 Å². The van der Waals surface area contributed by atoms with Crippen molar-refractivity contribution in [2.45, 2.75) is 26.4 Å². The Kier molecular flexibility index (Phi) is 6.32. The smallest absolute Gasteiger partial charge is 0.407 e. The second-order valence-corrected chi connectivity index (χ2v) is 5.66. The van der Waals surface area contributed by atoms with Crippen molar-refractivity contribution in [2.75, 3.05) is 6.54 Å². The summed E-state index contributed by atoms with van der Waals surface area (Å²) in [5.74, 6) is 0. The van der Waals surface area contributed by atoms with Crippen LogP contribution < -0.4 is 5.32 Å². The van der Waals surface area contributed by atoms with Crippen LogP contribution in [0.15, 0.2) is 42.5 Å². The maximum absolute atomic E-state index is 11.3. The van der Waals surface area contributed by atoms with Crippen LogP contribution in [-0.2, 0) is 4.74 Å². The highest BCUT2D eigenvalue weighted by Crippen LogP contribution is 2.10. The van der Waals surface area contributed by atoms with Gasteiger partial charge in [0.15, 0.2) is 0 Å². The van der Waals surface area contributed by atoms with Crippen molar-refractivity contribution in [3.63, 3.8) is 0 Å². The Morgan fingerprint density at radius 2 is 1.90 bits per heavy atom. The van der Waals surface area contributed by atoms with Gasteiger partial charge in [-0.25, -0.2) is 4.79 Å². The van der Waals surface area contributed by atoms with E-state index in [1.807, 2.05) is 69.3 Å². The van der Waals surface area contributed by atoms with Crippen molar-refractivity contribution < 1.29 is 9.53 Å². The van der Waals surface area contributed by atoms with Gasteiger partial charge in [-0.2, -0.15) is 0 Å². The third-order valence-electron chi connectivity index (χ3n) is 2.17. The lowest BCUT2D eigenvalue weighted by atomic mass is 10.2. The molecule has 0 aliphatic rings. The number of ether oxygens (including phenoxy) is 1. The Morgan fingerprint density at radius 1 is 1.25 bits per heavy atom. The molecule has 0 fully saturated rings. The molecular weight excluding hydrogens is 274 g/mol. The minimum Gasteiger partial charge on any atom is -0.444 e. The normalized spacial score (nSPS) is 12.0. The molecule has 0 spiro atoms. The quantitative estimate of drug-likeness (QED) is 0.834. The maximum atomic E-state index is 11.3. The molecule has 108 valence electrons. The third kappa shape index (κ3) is 7.64. The van der Waals surface area contributed by atoms with Crippen LogP contribution in [0, 0.1) is 0 Å². The molecular formula is C16H20ClNO2. The zero-order valence-corrected chi connectivity index (χ0v) is 12.8. The van der Waals surface area contributed by atoms with Gasteiger partial charge in [0, 0.05) is 11.6 Å². The van der Waals surface area contributed by atoms with Crippen LogP contribution in [0.5, 0.6) is 0 Å². The fraction of sp³-hybridized carbons (Fsp3) is 0.312. The number of hydrogen-bond donors (Lipinski definition) is 1. The summed E-state index contributed by atoms with van der Waals surface area (Å²) in [6, 6.07) is 7.56. The topological polar surface area (TPSA) is 38.3 Å².